The predicted molar refractivity (Wildman–Crippen MR) is 118 cm³/mol. The number of nitrogens with one attached hydrogen (secondary N) is 2. The molecule has 0 spiro atoms. The largest absolute Gasteiger partial charge is 0.479 e. The Morgan fingerprint density at radius 1 is 1.25 bits per heavy atom. The van der Waals surface area contributed by atoms with E-state index in [-0.39, 0.29) is 5.91 Å². The molecule has 1 fully saturated rings. The van der Waals surface area contributed by atoms with E-state index in [0.717, 1.165) is 30.0 Å². The van der Waals surface area contributed by atoms with Crippen molar-refractivity contribution in [2.45, 2.75) is 0 Å². The molecule has 32 heavy (non-hydrogen) atoms. The van der Waals surface area contributed by atoms with Gasteiger partial charge in [0, 0.05) is 55.4 Å². The lowest BCUT2D eigenvalue weighted by molar-refractivity contribution is 0.102. The third-order valence-corrected chi connectivity index (χ3v) is 5.27. The highest BCUT2D eigenvalue weighted by Gasteiger charge is 2.19. The lowest BCUT2D eigenvalue weighted by Crippen LogP contribution is -2.36. The Morgan fingerprint density at radius 2 is 2.09 bits per heavy atom. The zero-order valence-corrected chi connectivity index (χ0v) is 17.7. The minimum atomic E-state index is -0.296. The number of aryl methyl sites for hydroxylation is 1. The second kappa shape index (κ2) is 8.27. The number of rotatable bonds is 5. The third-order valence-electron chi connectivity index (χ3n) is 5.27. The lowest BCUT2D eigenvalue weighted by atomic mass is 10.1. The number of carbonyl (C=O) groups is 1. The van der Waals surface area contributed by atoms with E-state index in [1.54, 1.807) is 35.4 Å². The minimum absolute atomic E-state index is 0.296. The van der Waals surface area contributed by atoms with Crippen molar-refractivity contribution in [1.82, 2.24) is 29.7 Å². The van der Waals surface area contributed by atoms with E-state index >= 15 is 0 Å². The Labute approximate surface area is 183 Å². The molecule has 2 N–H and O–H groups in total. The van der Waals surface area contributed by atoms with Crippen molar-refractivity contribution in [1.29, 1.82) is 0 Å². The van der Waals surface area contributed by atoms with Gasteiger partial charge in [-0.05, 0) is 12.1 Å². The van der Waals surface area contributed by atoms with Gasteiger partial charge in [0.1, 0.15) is 16.9 Å². The Kier molecular flexibility index (Phi) is 5.15. The fourth-order valence-electron chi connectivity index (χ4n) is 3.66. The second-order valence-electron chi connectivity index (χ2n) is 7.35. The van der Waals surface area contributed by atoms with Crippen molar-refractivity contribution < 1.29 is 14.3 Å². The fourth-order valence-corrected chi connectivity index (χ4v) is 3.66. The molecule has 0 aliphatic carbocycles. The highest BCUT2D eigenvalue weighted by molar-refractivity contribution is 6.05. The first kappa shape index (κ1) is 19.9. The monoisotopic (exact) mass is 434 g/mol. The van der Waals surface area contributed by atoms with Gasteiger partial charge in [-0.1, -0.05) is 0 Å². The van der Waals surface area contributed by atoms with Gasteiger partial charge in [0.15, 0.2) is 0 Å². The zero-order chi connectivity index (χ0) is 22.1. The number of fused-ring (bicyclic) bond motifs is 1. The molecule has 164 valence electrons. The van der Waals surface area contributed by atoms with Crippen LogP contribution in [0.4, 0.5) is 11.8 Å². The average molecular weight is 434 g/mol. The number of hydrogen-bond donors (Lipinski definition) is 2. The molecular weight excluding hydrogens is 412 g/mol. The molecule has 1 aliphatic rings. The number of anilines is 2. The van der Waals surface area contributed by atoms with Gasteiger partial charge in [-0.25, -0.2) is 15.0 Å². The summed E-state index contributed by atoms with van der Waals surface area (Å²) >= 11 is 0. The maximum Gasteiger partial charge on any atom is 0.258 e. The standard InChI is InChI=1S/C21H22N8O3/c1-28-12-14(10-24-28)15-11-23-20(31-2)18-17(15)25-21(26-18)27-19(30)13-3-4-22-16(9-13)29-5-7-32-8-6-29/h3-4,9-12H,5-8H2,1-2H3,(H2,25,26,27,30). The van der Waals surface area contributed by atoms with E-state index in [0.29, 0.717) is 41.6 Å². The maximum absolute atomic E-state index is 12.9. The molecule has 0 radical (unpaired) electrons. The first-order valence-corrected chi connectivity index (χ1v) is 10.1. The lowest BCUT2D eigenvalue weighted by Gasteiger charge is -2.27. The van der Waals surface area contributed by atoms with Crippen LogP contribution < -0.4 is 15.0 Å². The highest BCUT2D eigenvalue weighted by atomic mass is 16.5. The Bertz CT molecular complexity index is 1280. The molecule has 4 aromatic heterocycles. The number of amides is 1. The summed E-state index contributed by atoms with van der Waals surface area (Å²) in [6.07, 6.45) is 6.92. The van der Waals surface area contributed by atoms with Crippen molar-refractivity contribution in [3.63, 3.8) is 0 Å². The van der Waals surface area contributed by atoms with Crippen molar-refractivity contribution in [2.75, 3.05) is 43.6 Å². The number of pyridine rings is 2. The number of ether oxygens (including phenoxy) is 2. The predicted octanol–water partition coefficient (Wildman–Crippen LogP) is 1.85. The van der Waals surface area contributed by atoms with Crippen LogP contribution in [0.2, 0.25) is 0 Å². The quantitative estimate of drug-likeness (QED) is 0.488. The van der Waals surface area contributed by atoms with Crippen LogP contribution in [0.15, 0.2) is 36.9 Å². The van der Waals surface area contributed by atoms with Crippen LogP contribution in [0.3, 0.4) is 0 Å². The molecule has 1 saturated heterocycles. The van der Waals surface area contributed by atoms with Gasteiger partial charge in [-0.2, -0.15) is 5.10 Å². The number of aromatic nitrogens is 6. The molecule has 11 heteroatoms. The molecular formula is C21H22N8O3. The number of carbonyl (C=O) groups excluding carboxylic acids is 1. The van der Waals surface area contributed by atoms with Gasteiger partial charge < -0.3 is 19.4 Å². The summed E-state index contributed by atoms with van der Waals surface area (Å²) in [6, 6.07) is 3.44. The molecule has 5 rings (SSSR count). The molecule has 11 nitrogen and oxygen atoms in total. The van der Waals surface area contributed by atoms with Crippen LogP contribution in [0.1, 0.15) is 10.4 Å². The average Bonchev–Trinajstić information content (AvgIpc) is 3.45. The summed E-state index contributed by atoms with van der Waals surface area (Å²) in [5, 5.41) is 7.05. The smallest absolute Gasteiger partial charge is 0.258 e. The molecule has 0 saturated carbocycles. The molecule has 0 atom stereocenters. The SMILES string of the molecule is COc1ncc(-c2cnn(C)c2)c2nc(NC(=O)c3ccnc(N4CCOCC4)c3)[nH]c12. The summed E-state index contributed by atoms with van der Waals surface area (Å²) < 4.78 is 12.5. The molecule has 5 heterocycles. The third kappa shape index (κ3) is 3.73. The normalized spacial score (nSPS) is 14.0. The minimum Gasteiger partial charge on any atom is -0.479 e. The number of imidazole rings is 1. The van der Waals surface area contributed by atoms with Gasteiger partial charge in [-0.15, -0.1) is 0 Å². The summed E-state index contributed by atoms with van der Waals surface area (Å²) in [5.41, 5.74) is 3.35. The van der Waals surface area contributed by atoms with Crippen molar-refractivity contribution in [3.8, 4) is 17.0 Å². The van der Waals surface area contributed by atoms with E-state index < -0.39 is 0 Å². The van der Waals surface area contributed by atoms with Crippen molar-refractivity contribution >= 4 is 28.7 Å². The van der Waals surface area contributed by atoms with Gasteiger partial charge in [0.2, 0.25) is 11.8 Å². The molecule has 0 bridgehead atoms. The Morgan fingerprint density at radius 3 is 2.84 bits per heavy atom. The number of methoxy groups -OCH3 is 1. The van der Waals surface area contributed by atoms with Gasteiger partial charge >= 0.3 is 0 Å². The van der Waals surface area contributed by atoms with E-state index in [1.165, 1.54) is 7.11 Å². The molecule has 0 unspecified atom stereocenters. The topological polar surface area (TPSA) is 123 Å². The van der Waals surface area contributed by atoms with Crippen LogP contribution in [0.25, 0.3) is 22.2 Å². The van der Waals surface area contributed by atoms with Crippen LogP contribution in [-0.4, -0.2) is 69.0 Å². The molecule has 0 aromatic carbocycles. The van der Waals surface area contributed by atoms with E-state index in [4.69, 9.17) is 9.47 Å². The van der Waals surface area contributed by atoms with Gasteiger partial charge in [0.05, 0.1) is 26.5 Å². The fraction of sp³-hybridized carbons (Fsp3) is 0.286. The number of nitrogens with zero attached hydrogens (tertiary/aromatic N) is 6. The summed E-state index contributed by atoms with van der Waals surface area (Å²) in [5.74, 6) is 1.14. The van der Waals surface area contributed by atoms with E-state index in [1.807, 2.05) is 13.2 Å². The van der Waals surface area contributed by atoms with E-state index in [9.17, 15) is 4.79 Å². The number of H-pyrrole nitrogens is 1. The zero-order valence-electron chi connectivity index (χ0n) is 17.7. The Balaban J connectivity index is 1.45. The number of morpholine rings is 1. The molecule has 1 amide bonds. The second-order valence-corrected chi connectivity index (χ2v) is 7.35. The first-order chi connectivity index (χ1) is 15.6. The van der Waals surface area contributed by atoms with Gasteiger partial charge in [-0.3, -0.25) is 14.8 Å². The molecule has 4 aromatic rings. The van der Waals surface area contributed by atoms with Crippen LogP contribution in [-0.2, 0) is 11.8 Å². The summed E-state index contributed by atoms with van der Waals surface area (Å²) in [6.45, 7) is 2.77. The summed E-state index contributed by atoms with van der Waals surface area (Å²) in [4.78, 5) is 31.5. The van der Waals surface area contributed by atoms with Crippen molar-refractivity contribution in [3.05, 3.63) is 42.5 Å². The highest BCUT2D eigenvalue weighted by Crippen LogP contribution is 2.32. The van der Waals surface area contributed by atoms with Crippen LogP contribution >= 0.6 is 0 Å². The Hall–Kier alpha value is -3.99. The first-order valence-electron chi connectivity index (χ1n) is 10.1. The molecule has 1 aliphatic heterocycles. The number of hydrogen-bond acceptors (Lipinski definition) is 8. The van der Waals surface area contributed by atoms with E-state index in [2.05, 4.69) is 35.3 Å². The van der Waals surface area contributed by atoms with Crippen molar-refractivity contribution in [2.24, 2.45) is 7.05 Å². The van der Waals surface area contributed by atoms with Crippen LogP contribution in [0, 0.1) is 0 Å². The van der Waals surface area contributed by atoms with Gasteiger partial charge in [0.25, 0.3) is 5.91 Å². The maximum atomic E-state index is 12.9. The summed E-state index contributed by atoms with van der Waals surface area (Å²) in [7, 11) is 3.38. The van der Waals surface area contributed by atoms with Crippen LogP contribution in [0.5, 0.6) is 5.88 Å². The number of aromatic amines is 1.